The molecule has 0 spiro atoms. The van der Waals surface area contributed by atoms with Crippen LogP contribution in [0.1, 0.15) is 20.8 Å². The molecule has 114 valence electrons. The molecule has 4 nitrogen and oxygen atoms in total. The lowest BCUT2D eigenvalue weighted by atomic mass is 9.82. The third-order valence-electron chi connectivity index (χ3n) is 1.70. The van der Waals surface area contributed by atoms with Crippen LogP contribution in [0, 0.1) is 0 Å². The average molecular weight is 292 g/mol. The smallest absolute Gasteiger partial charge is 0.449 e. The van der Waals surface area contributed by atoms with Crippen molar-refractivity contribution in [1.82, 2.24) is 5.32 Å². The Morgan fingerprint density at radius 2 is 1.79 bits per heavy atom. The van der Waals surface area contributed by atoms with Gasteiger partial charge in [0.25, 0.3) is 0 Å². The van der Waals surface area contributed by atoms with Crippen molar-refractivity contribution in [1.29, 1.82) is 0 Å². The Balaban J connectivity index is 4.44. The second kappa shape index (κ2) is 6.92. The maximum atomic E-state index is 12.2. The Morgan fingerprint density at radius 3 is 2.16 bits per heavy atom. The van der Waals surface area contributed by atoms with Crippen LogP contribution in [0.4, 0.5) is 26.5 Å². The van der Waals surface area contributed by atoms with Crippen molar-refractivity contribution in [2.75, 3.05) is 6.61 Å². The van der Waals surface area contributed by atoms with Crippen LogP contribution in [0.2, 0.25) is 6.32 Å². The molecule has 1 unspecified atom stereocenters. The third-order valence-corrected chi connectivity index (χ3v) is 1.70. The molecule has 1 amide bonds. The highest BCUT2D eigenvalue weighted by molar-refractivity contribution is 6.58. The van der Waals surface area contributed by atoms with Gasteiger partial charge in [-0.2, -0.15) is 8.78 Å². The minimum absolute atomic E-state index is 0.901. The Labute approximate surface area is 107 Å². The summed E-state index contributed by atoms with van der Waals surface area (Å²) in [5, 5.41) is 1.86. The van der Waals surface area contributed by atoms with E-state index in [9.17, 15) is 26.5 Å². The van der Waals surface area contributed by atoms with Crippen molar-refractivity contribution in [2.24, 2.45) is 0 Å². The lowest BCUT2D eigenvalue weighted by Crippen LogP contribution is -2.44. The van der Waals surface area contributed by atoms with E-state index in [2.05, 4.69) is 4.74 Å². The lowest BCUT2D eigenvalue weighted by Gasteiger charge is -2.26. The first kappa shape index (κ1) is 17.9. The Kier molecular flexibility index (Phi) is 6.54. The summed E-state index contributed by atoms with van der Waals surface area (Å²) in [7, 11) is 0. The fraction of sp³-hybridized carbons (Fsp3) is 0.889. The van der Waals surface area contributed by atoms with Gasteiger partial charge in [0.15, 0.2) is 0 Å². The van der Waals surface area contributed by atoms with E-state index in [-0.39, 0.29) is 0 Å². The monoisotopic (exact) mass is 292 g/mol. The maximum absolute atomic E-state index is 12.2. The zero-order valence-corrected chi connectivity index (χ0v) is 10.8. The van der Waals surface area contributed by atoms with Gasteiger partial charge in [-0.25, -0.2) is 4.79 Å². The molecule has 10 heteroatoms. The number of alkyl carbamates (subject to hydrolysis) is 1. The van der Waals surface area contributed by atoms with E-state index < -0.39 is 44.3 Å². The molecule has 1 atom stereocenters. The molecule has 0 radical (unpaired) electrons. The van der Waals surface area contributed by atoms with E-state index >= 15 is 0 Å². The molecule has 0 fully saturated rings. The molecule has 0 aliphatic carbocycles. The molecular formula is C9H16BF5NO3-. The summed E-state index contributed by atoms with van der Waals surface area (Å²) in [5.41, 5.74) is -0.901. The number of rotatable bonds is 6. The molecule has 0 saturated heterocycles. The molecule has 0 saturated carbocycles. The van der Waals surface area contributed by atoms with Crippen LogP contribution in [0.3, 0.4) is 0 Å². The van der Waals surface area contributed by atoms with Gasteiger partial charge in [-0.1, -0.05) is 6.32 Å². The minimum Gasteiger partial charge on any atom is -0.449 e. The first-order chi connectivity index (χ1) is 8.39. The first-order valence-electron chi connectivity index (χ1n) is 5.49. The fourth-order valence-corrected chi connectivity index (χ4v) is 1.15. The zero-order chi connectivity index (χ0) is 15.3. The van der Waals surface area contributed by atoms with E-state index in [1.54, 1.807) is 0 Å². The van der Waals surface area contributed by atoms with Gasteiger partial charge in [0.2, 0.25) is 0 Å². The summed E-state index contributed by atoms with van der Waals surface area (Å²) < 4.78 is 68.8. The average Bonchev–Trinajstić information content (AvgIpc) is 2.08. The first-order valence-corrected chi connectivity index (χ1v) is 5.49. The quantitative estimate of drug-likeness (QED) is 0.605. The number of alkyl halides is 2. The predicted octanol–water partition coefficient (Wildman–Crippen LogP) is 2.97. The lowest BCUT2D eigenvalue weighted by molar-refractivity contribution is -0.133. The minimum atomic E-state index is -5.25. The van der Waals surface area contributed by atoms with Gasteiger partial charge in [0, 0.05) is 6.04 Å². The van der Waals surface area contributed by atoms with Gasteiger partial charge in [-0.3, -0.25) is 0 Å². The van der Waals surface area contributed by atoms with Crippen molar-refractivity contribution >= 4 is 13.1 Å². The summed E-state index contributed by atoms with van der Waals surface area (Å²) >= 11 is 0. The Bertz CT molecular complexity index is 293. The summed E-state index contributed by atoms with van der Waals surface area (Å²) in [6, 6.07) is -1.61. The van der Waals surface area contributed by atoms with Gasteiger partial charge in [-0.15, -0.1) is 0 Å². The number of halogens is 5. The van der Waals surface area contributed by atoms with E-state index in [0.29, 0.717) is 0 Å². The van der Waals surface area contributed by atoms with Crippen LogP contribution in [-0.4, -0.2) is 37.9 Å². The number of hydrogen-bond acceptors (Lipinski definition) is 3. The molecule has 0 aromatic heterocycles. The molecule has 0 heterocycles. The van der Waals surface area contributed by atoms with Crippen molar-refractivity contribution in [3.8, 4) is 0 Å². The Morgan fingerprint density at radius 1 is 1.26 bits per heavy atom. The van der Waals surface area contributed by atoms with Crippen LogP contribution >= 0.6 is 0 Å². The molecule has 0 bridgehead atoms. The number of nitrogens with one attached hydrogen (secondary N) is 1. The zero-order valence-electron chi connectivity index (χ0n) is 10.8. The molecule has 0 aliphatic rings. The topological polar surface area (TPSA) is 47.6 Å². The number of amides is 1. The van der Waals surface area contributed by atoms with Crippen molar-refractivity contribution in [3.05, 3.63) is 0 Å². The highest BCUT2D eigenvalue weighted by Crippen LogP contribution is 2.18. The number of carbonyl (C=O) groups excluding carboxylic acids is 1. The number of ether oxygens (including phenoxy) is 2. The molecule has 1 N–H and O–H groups in total. The predicted molar refractivity (Wildman–Crippen MR) is 59.0 cm³/mol. The van der Waals surface area contributed by atoms with E-state index in [1.165, 1.54) is 20.8 Å². The summed E-state index contributed by atoms with van der Waals surface area (Å²) in [6.45, 7) is -4.84. The summed E-state index contributed by atoms with van der Waals surface area (Å²) in [6.07, 6.45) is -2.54. The van der Waals surface area contributed by atoms with Crippen LogP contribution in [0.5, 0.6) is 0 Å². The SMILES string of the molecule is CC(C)(C)OC(=O)NC(COC(F)F)C[B-](F)(F)F. The number of carbonyl (C=O) groups is 1. The molecule has 0 rings (SSSR count). The van der Waals surface area contributed by atoms with Crippen molar-refractivity contribution in [3.63, 3.8) is 0 Å². The second-order valence-corrected chi connectivity index (χ2v) is 4.88. The third kappa shape index (κ3) is 11.8. The van der Waals surface area contributed by atoms with E-state index in [0.717, 1.165) is 0 Å². The largest absolute Gasteiger partial charge is 0.480 e. The molecule has 0 aromatic rings. The van der Waals surface area contributed by atoms with Gasteiger partial charge >= 0.3 is 19.7 Å². The molecular weight excluding hydrogens is 276 g/mol. The normalized spacial score (nSPS) is 14.4. The van der Waals surface area contributed by atoms with E-state index in [4.69, 9.17) is 4.74 Å². The summed E-state index contributed by atoms with van der Waals surface area (Å²) in [5.74, 6) is 0. The van der Waals surface area contributed by atoms with Gasteiger partial charge in [0.1, 0.15) is 5.60 Å². The van der Waals surface area contributed by atoms with Gasteiger partial charge in [-0.05, 0) is 20.8 Å². The van der Waals surface area contributed by atoms with Gasteiger partial charge < -0.3 is 27.7 Å². The molecule has 0 aromatic carbocycles. The van der Waals surface area contributed by atoms with Crippen molar-refractivity contribution < 1.29 is 36.0 Å². The highest BCUT2D eigenvalue weighted by atomic mass is 19.4. The summed E-state index contributed by atoms with van der Waals surface area (Å²) in [4.78, 5) is 11.3. The Hall–Kier alpha value is -1.06. The van der Waals surface area contributed by atoms with Crippen molar-refractivity contribution in [2.45, 2.75) is 45.3 Å². The van der Waals surface area contributed by atoms with Gasteiger partial charge in [0.05, 0.1) is 6.61 Å². The molecule has 19 heavy (non-hydrogen) atoms. The maximum Gasteiger partial charge on any atom is 0.480 e. The second-order valence-electron chi connectivity index (χ2n) is 4.88. The highest BCUT2D eigenvalue weighted by Gasteiger charge is 2.30. The van der Waals surface area contributed by atoms with Crippen LogP contribution in [0.25, 0.3) is 0 Å². The number of hydrogen-bond donors (Lipinski definition) is 1. The fourth-order valence-electron chi connectivity index (χ4n) is 1.15. The standard InChI is InChI=1S/C9H16BF5NO3/c1-9(2,3)19-8(17)16-6(4-10(13,14)15)5-18-7(11)12/h6-7H,4-5H2,1-3H3,(H,16,17)/q-1. The van der Waals surface area contributed by atoms with Crippen LogP contribution in [0.15, 0.2) is 0 Å². The van der Waals surface area contributed by atoms with E-state index in [1.807, 2.05) is 5.32 Å². The van der Waals surface area contributed by atoms with Crippen LogP contribution < -0.4 is 5.32 Å². The molecule has 0 aliphatic heterocycles. The van der Waals surface area contributed by atoms with Crippen LogP contribution in [-0.2, 0) is 9.47 Å².